The summed E-state index contributed by atoms with van der Waals surface area (Å²) in [6, 6.07) is 8.96. The first-order valence-electron chi connectivity index (χ1n) is 5.88. The number of benzene rings is 1. The summed E-state index contributed by atoms with van der Waals surface area (Å²) < 4.78 is 5.04. The third-order valence-corrected chi connectivity index (χ3v) is 2.65. The summed E-state index contributed by atoms with van der Waals surface area (Å²) in [5, 5.41) is 11.6. The molecule has 0 radical (unpaired) electrons. The van der Waals surface area contributed by atoms with Gasteiger partial charge in [-0.2, -0.15) is 5.26 Å². The first-order chi connectivity index (χ1) is 8.56. The summed E-state index contributed by atoms with van der Waals surface area (Å²) in [4.78, 5) is 11.7. The molecule has 18 heavy (non-hydrogen) atoms. The van der Waals surface area contributed by atoms with Gasteiger partial charge in [-0.25, -0.2) is 0 Å². The van der Waals surface area contributed by atoms with Crippen LogP contribution in [-0.2, 0) is 11.2 Å². The molecule has 1 unspecified atom stereocenters. The van der Waals surface area contributed by atoms with Gasteiger partial charge in [0.2, 0.25) is 5.91 Å². The Kier molecular flexibility index (Phi) is 5.19. The second kappa shape index (κ2) is 6.65. The van der Waals surface area contributed by atoms with Gasteiger partial charge in [0.15, 0.2) is 0 Å². The van der Waals surface area contributed by atoms with Gasteiger partial charge in [-0.15, -0.1) is 0 Å². The van der Waals surface area contributed by atoms with Crippen molar-refractivity contribution < 1.29 is 9.53 Å². The molecule has 0 aliphatic heterocycles. The van der Waals surface area contributed by atoms with Crippen molar-refractivity contribution in [2.24, 2.45) is 5.92 Å². The van der Waals surface area contributed by atoms with Crippen molar-refractivity contribution in [2.45, 2.75) is 26.3 Å². The van der Waals surface area contributed by atoms with E-state index in [1.807, 2.05) is 38.1 Å². The normalized spacial score (nSPS) is 11.7. The van der Waals surface area contributed by atoms with E-state index in [4.69, 9.17) is 10.00 Å². The van der Waals surface area contributed by atoms with Crippen molar-refractivity contribution in [3.8, 4) is 11.8 Å². The number of hydrogen-bond acceptors (Lipinski definition) is 3. The van der Waals surface area contributed by atoms with E-state index < -0.39 is 6.04 Å². The zero-order chi connectivity index (χ0) is 13.5. The number of amides is 1. The molecule has 1 rings (SSSR count). The molecule has 4 nitrogen and oxygen atoms in total. The molecule has 0 saturated carbocycles. The second-order valence-corrected chi connectivity index (χ2v) is 4.44. The van der Waals surface area contributed by atoms with Gasteiger partial charge >= 0.3 is 0 Å². The zero-order valence-corrected chi connectivity index (χ0v) is 10.9. The maximum Gasteiger partial charge on any atom is 0.225 e. The number of ether oxygens (including phenoxy) is 1. The molecule has 1 aromatic rings. The summed E-state index contributed by atoms with van der Waals surface area (Å²) in [5.74, 6) is 0.728. The maximum absolute atomic E-state index is 11.7. The van der Waals surface area contributed by atoms with Crippen molar-refractivity contribution in [1.29, 1.82) is 5.26 Å². The number of hydrogen-bond donors (Lipinski definition) is 1. The molecular formula is C14H18N2O2. The monoisotopic (exact) mass is 246 g/mol. The number of carbonyl (C=O) groups excluding carboxylic acids is 1. The third kappa shape index (κ3) is 4.10. The summed E-state index contributed by atoms with van der Waals surface area (Å²) in [5.41, 5.74) is 0.897. The highest BCUT2D eigenvalue weighted by Gasteiger charge is 2.15. The van der Waals surface area contributed by atoms with Crippen LogP contribution in [0.5, 0.6) is 5.75 Å². The van der Waals surface area contributed by atoms with Gasteiger partial charge < -0.3 is 10.1 Å². The summed E-state index contributed by atoms with van der Waals surface area (Å²) in [7, 11) is 1.60. The number of carbonyl (C=O) groups is 1. The topological polar surface area (TPSA) is 62.1 Å². The number of nitrogens with zero attached hydrogens (tertiary/aromatic N) is 1. The summed E-state index contributed by atoms with van der Waals surface area (Å²) >= 11 is 0. The Bertz CT molecular complexity index is 432. The predicted octanol–water partition coefficient (Wildman–Crippen LogP) is 1.90. The van der Waals surface area contributed by atoms with E-state index in [0.29, 0.717) is 0 Å². The van der Waals surface area contributed by atoms with E-state index in [1.54, 1.807) is 7.11 Å². The lowest BCUT2D eigenvalue weighted by atomic mass is 10.1. The first-order valence-corrected chi connectivity index (χ1v) is 5.88. The molecule has 4 heteroatoms. The predicted molar refractivity (Wildman–Crippen MR) is 69.1 cm³/mol. The lowest BCUT2D eigenvalue weighted by Gasteiger charge is -2.14. The van der Waals surface area contributed by atoms with Crippen LogP contribution in [0.15, 0.2) is 24.3 Å². The standard InChI is InChI=1S/C14H18N2O2/c1-10(2)13(9-15)16-14(17)8-11-4-6-12(18-3)7-5-11/h4-7,10,13H,8H2,1-3H3,(H,16,17). The Labute approximate surface area is 108 Å². The van der Waals surface area contributed by atoms with Gasteiger partial charge in [-0.1, -0.05) is 26.0 Å². The second-order valence-electron chi connectivity index (χ2n) is 4.44. The first kappa shape index (κ1) is 14.0. The van der Waals surface area contributed by atoms with Gasteiger partial charge in [-0.3, -0.25) is 4.79 Å². The SMILES string of the molecule is COc1ccc(CC(=O)NC(C#N)C(C)C)cc1. The fraction of sp³-hybridized carbons (Fsp3) is 0.429. The van der Waals surface area contributed by atoms with Crippen molar-refractivity contribution in [3.05, 3.63) is 29.8 Å². The van der Waals surface area contributed by atoms with Gasteiger partial charge in [0.25, 0.3) is 0 Å². The average Bonchev–Trinajstić information content (AvgIpc) is 2.36. The van der Waals surface area contributed by atoms with Crippen LogP contribution in [-0.4, -0.2) is 19.1 Å². The molecule has 0 heterocycles. The Morgan fingerprint density at radius 1 is 1.39 bits per heavy atom. The molecule has 96 valence electrons. The Balaban J connectivity index is 2.56. The highest BCUT2D eigenvalue weighted by Crippen LogP contribution is 2.11. The highest BCUT2D eigenvalue weighted by molar-refractivity contribution is 5.79. The lowest BCUT2D eigenvalue weighted by Crippen LogP contribution is -2.38. The Morgan fingerprint density at radius 2 is 2.00 bits per heavy atom. The van der Waals surface area contributed by atoms with Crippen molar-refractivity contribution in [1.82, 2.24) is 5.32 Å². The molecular weight excluding hydrogens is 228 g/mol. The van der Waals surface area contributed by atoms with E-state index >= 15 is 0 Å². The fourth-order valence-corrected chi connectivity index (χ4v) is 1.50. The van der Waals surface area contributed by atoms with Crippen LogP contribution in [0.3, 0.4) is 0 Å². The van der Waals surface area contributed by atoms with Crippen LogP contribution < -0.4 is 10.1 Å². The molecule has 1 atom stereocenters. The van der Waals surface area contributed by atoms with Crippen LogP contribution in [0, 0.1) is 17.2 Å². The number of methoxy groups -OCH3 is 1. The molecule has 0 saturated heterocycles. The van der Waals surface area contributed by atoms with Crippen molar-refractivity contribution in [2.75, 3.05) is 7.11 Å². The lowest BCUT2D eigenvalue weighted by molar-refractivity contribution is -0.121. The smallest absolute Gasteiger partial charge is 0.225 e. The molecule has 0 fully saturated rings. The van der Waals surface area contributed by atoms with Gasteiger partial charge in [0, 0.05) is 0 Å². The largest absolute Gasteiger partial charge is 0.497 e. The van der Waals surface area contributed by atoms with Crippen LogP contribution in [0.2, 0.25) is 0 Å². The van der Waals surface area contributed by atoms with Crippen molar-refractivity contribution in [3.63, 3.8) is 0 Å². The van der Waals surface area contributed by atoms with Gasteiger partial charge in [-0.05, 0) is 23.6 Å². The molecule has 0 aliphatic rings. The minimum Gasteiger partial charge on any atom is -0.497 e. The highest BCUT2D eigenvalue weighted by atomic mass is 16.5. The Hall–Kier alpha value is -2.02. The minimum atomic E-state index is -0.434. The Morgan fingerprint density at radius 3 is 2.44 bits per heavy atom. The van der Waals surface area contributed by atoms with E-state index in [1.165, 1.54) is 0 Å². The molecule has 1 amide bonds. The van der Waals surface area contributed by atoms with Crippen LogP contribution >= 0.6 is 0 Å². The maximum atomic E-state index is 11.7. The quantitative estimate of drug-likeness (QED) is 0.863. The van der Waals surface area contributed by atoms with Crippen LogP contribution in [0.25, 0.3) is 0 Å². The van der Waals surface area contributed by atoms with E-state index in [0.717, 1.165) is 11.3 Å². The summed E-state index contributed by atoms with van der Waals surface area (Å²) in [6.07, 6.45) is 0.273. The number of rotatable bonds is 5. The molecule has 0 spiro atoms. The minimum absolute atomic E-state index is 0.106. The number of nitriles is 1. The average molecular weight is 246 g/mol. The third-order valence-electron chi connectivity index (χ3n) is 2.65. The summed E-state index contributed by atoms with van der Waals surface area (Å²) in [6.45, 7) is 3.81. The molecule has 0 bridgehead atoms. The van der Waals surface area contributed by atoms with Gasteiger partial charge in [0.1, 0.15) is 11.8 Å². The number of nitrogens with one attached hydrogen (secondary N) is 1. The fourth-order valence-electron chi connectivity index (χ4n) is 1.50. The van der Waals surface area contributed by atoms with Crippen LogP contribution in [0.1, 0.15) is 19.4 Å². The van der Waals surface area contributed by atoms with Crippen molar-refractivity contribution >= 4 is 5.91 Å². The van der Waals surface area contributed by atoms with Crippen LogP contribution in [0.4, 0.5) is 0 Å². The molecule has 0 aromatic heterocycles. The molecule has 1 N–H and O–H groups in total. The van der Waals surface area contributed by atoms with Gasteiger partial charge in [0.05, 0.1) is 19.6 Å². The molecule has 0 aliphatic carbocycles. The van der Waals surface area contributed by atoms with E-state index in [-0.39, 0.29) is 18.2 Å². The zero-order valence-electron chi connectivity index (χ0n) is 10.9. The molecule has 1 aromatic carbocycles. The van der Waals surface area contributed by atoms with E-state index in [2.05, 4.69) is 11.4 Å². The van der Waals surface area contributed by atoms with E-state index in [9.17, 15) is 4.79 Å².